The molecule has 2 N–H and O–H groups in total. The van der Waals surface area contributed by atoms with E-state index in [1.54, 1.807) is 0 Å². The summed E-state index contributed by atoms with van der Waals surface area (Å²) in [5, 5.41) is 3.02. The monoisotopic (exact) mass is 320 g/mol. The molecule has 0 aliphatic rings. The molecule has 6 nitrogen and oxygen atoms in total. The van der Waals surface area contributed by atoms with E-state index in [9.17, 15) is 16.8 Å². The lowest BCUT2D eigenvalue weighted by atomic mass is 10.3. The molecular formula is C12H20N2O4S2. The summed E-state index contributed by atoms with van der Waals surface area (Å²) in [4.78, 5) is 0.155. The summed E-state index contributed by atoms with van der Waals surface area (Å²) in [7, 11) is -6.71. The first-order valence-electron chi connectivity index (χ1n) is 6.14. The third-order valence-electron chi connectivity index (χ3n) is 2.48. The largest absolute Gasteiger partial charge is 0.313 e. The van der Waals surface area contributed by atoms with Crippen molar-refractivity contribution in [2.45, 2.75) is 24.8 Å². The van der Waals surface area contributed by atoms with Gasteiger partial charge in [0, 0.05) is 24.5 Å². The van der Waals surface area contributed by atoms with Crippen LogP contribution in [-0.4, -0.2) is 41.4 Å². The molecule has 8 heteroatoms. The van der Waals surface area contributed by atoms with Crippen LogP contribution in [0.25, 0.3) is 0 Å². The number of hydrogen-bond donors (Lipinski definition) is 2. The van der Waals surface area contributed by atoms with Crippen LogP contribution in [0.3, 0.4) is 0 Å². The third-order valence-corrected chi connectivity index (χ3v) is 4.90. The fourth-order valence-electron chi connectivity index (χ4n) is 1.48. The van der Waals surface area contributed by atoms with Gasteiger partial charge in [-0.2, -0.15) is 0 Å². The van der Waals surface area contributed by atoms with Gasteiger partial charge in [-0.25, -0.2) is 16.8 Å². The topological polar surface area (TPSA) is 92.3 Å². The Morgan fingerprint density at radius 1 is 1.05 bits per heavy atom. The van der Waals surface area contributed by atoms with Gasteiger partial charge in [-0.05, 0) is 24.3 Å². The third kappa shape index (κ3) is 5.89. The standard InChI is InChI=1S/C12H20N2O4S2/c1-10(2)13-8-9-20(17,18)14-11-4-6-12(7-5-11)19(3,15)16/h4-7,10,13-14H,8-9H2,1-3H3. The van der Waals surface area contributed by atoms with Crippen LogP contribution < -0.4 is 10.0 Å². The lowest BCUT2D eigenvalue weighted by molar-refractivity contribution is 0.582. The van der Waals surface area contributed by atoms with E-state index in [1.807, 2.05) is 13.8 Å². The maximum absolute atomic E-state index is 11.8. The van der Waals surface area contributed by atoms with E-state index >= 15 is 0 Å². The minimum Gasteiger partial charge on any atom is -0.313 e. The smallest absolute Gasteiger partial charge is 0.233 e. The molecule has 1 aromatic carbocycles. The van der Waals surface area contributed by atoms with E-state index < -0.39 is 19.9 Å². The van der Waals surface area contributed by atoms with Crippen molar-refractivity contribution in [2.24, 2.45) is 0 Å². The van der Waals surface area contributed by atoms with Crippen molar-refractivity contribution >= 4 is 25.5 Å². The molecule has 0 heterocycles. The van der Waals surface area contributed by atoms with Gasteiger partial charge in [-0.15, -0.1) is 0 Å². The second kappa shape index (κ2) is 6.55. The minimum absolute atomic E-state index is 0.0427. The molecule has 1 aromatic rings. The number of hydrogen-bond acceptors (Lipinski definition) is 5. The Morgan fingerprint density at radius 3 is 2.05 bits per heavy atom. The molecule has 0 aliphatic carbocycles. The molecule has 0 spiro atoms. The van der Waals surface area contributed by atoms with Gasteiger partial charge < -0.3 is 5.32 Å². The summed E-state index contributed by atoms with van der Waals surface area (Å²) < 4.78 is 48.6. The summed E-state index contributed by atoms with van der Waals surface area (Å²) >= 11 is 0. The SMILES string of the molecule is CC(C)NCCS(=O)(=O)Nc1ccc(S(C)(=O)=O)cc1. The fraction of sp³-hybridized carbons (Fsp3) is 0.500. The maximum atomic E-state index is 11.8. The highest BCUT2D eigenvalue weighted by Crippen LogP contribution is 2.14. The molecule has 0 unspecified atom stereocenters. The Balaban J connectivity index is 2.68. The predicted molar refractivity (Wildman–Crippen MR) is 80.1 cm³/mol. The van der Waals surface area contributed by atoms with E-state index in [4.69, 9.17) is 0 Å². The summed E-state index contributed by atoms with van der Waals surface area (Å²) in [5.74, 6) is -0.0427. The van der Waals surface area contributed by atoms with E-state index in [-0.39, 0.29) is 16.7 Å². The molecule has 0 fully saturated rings. The van der Waals surface area contributed by atoms with Crippen LogP contribution in [0.2, 0.25) is 0 Å². The van der Waals surface area contributed by atoms with Crippen molar-refractivity contribution in [2.75, 3.05) is 23.3 Å². The number of anilines is 1. The maximum Gasteiger partial charge on any atom is 0.233 e. The Hall–Kier alpha value is -1.12. The Morgan fingerprint density at radius 2 is 1.60 bits per heavy atom. The van der Waals surface area contributed by atoms with Crippen LogP contribution in [0, 0.1) is 0 Å². The lowest BCUT2D eigenvalue weighted by Gasteiger charge is -2.10. The van der Waals surface area contributed by atoms with Gasteiger partial charge in [0.05, 0.1) is 10.6 Å². The first-order valence-corrected chi connectivity index (χ1v) is 9.68. The van der Waals surface area contributed by atoms with Gasteiger partial charge in [0.15, 0.2) is 9.84 Å². The van der Waals surface area contributed by atoms with Crippen LogP contribution in [0.1, 0.15) is 13.8 Å². The summed E-state index contributed by atoms with van der Waals surface area (Å²) in [6.45, 7) is 4.22. The molecule has 1 rings (SSSR count). The number of nitrogens with one attached hydrogen (secondary N) is 2. The molecule has 0 atom stereocenters. The van der Waals surface area contributed by atoms with Gasteiger partial charge >= 0.3 is 0 Å². The average molecular weight is 320 g/mol. The second-order valence-electron chi connectivity index (χ2n) is 4.83. The van der Waals surface area contributed by atoms with Crippen molar-refractivity contribution in [3.05, 3.63) is 24.3 Å². The highest BCUT2D eigenvalue weighted by atomic mass is 32.2. The van der Waals surface area contributed by atoms with Crippen LogP contribution in [0.15, 0.2) is 29.2 Å². The first-order chi connectivity index (χ1) is 9.10. The van der Waals surface area contributed by atoms with E-state index in [0.29, 0.717) is 12.2 Å². The van der Waals surface area contributed by atoms with Crippen molar-refractivity contribution < 1.29 is 16.8 Å². The number of sulfone groups is 1. The van der Waals surface area contributed by atoms with Crippen molar-refractivity contribution in [3.8, 4) is 0 Å². The van der Waals surface area contributed by atoms with E-state index in [0.717, 1.165) is 6.26 Å². The normalized spacial score (nSPS) is 12.6. The number of rotatable bonds is 7. The van der Waals surface area contributed by atoms with E-state index in [1.165, 1.54) is 24.3 Å². The van der Waals surface area contributed by atoms with Gasteiger partial charge in [-0.1, -0.05) is 13.8 Å². The zero-order chi connectivity index (χ0) is 15.4. The molecule has 114 valence electrons. The lowest BCUT2D eigenvalue weighted by Crippen LogP contribution is -2.30. The van der Waals surface area contributed by atoms with Crippen LogP contribution >= 0.6 is 0 Å². The van der Waals surface area contributed by atoms with Gasteiger partial charge in [0.2, 0.25) is 10.0 Å². The number of benzene rings is 1. The summed E-state index contributed by atoms with van der Waals surface area (Å²) in [6, 6.07) is 5.84. The average Bonchev–Trinajstić information content (AvgIpc) is 2.26. The summed E-state index contributed by atoms with van der Waals surface area (Å²) in [5.41, 5.74) is 0.349. The molecule has 0 bridgehead atoms. The molecule has 0 saturated heterocycles. The molecule has 20 heavy (non-hydrogen) atoms. The molecule has 0 amide bonds. The van der Waals surface area contributed by atoms with Gasteiger partial charge in [0.1, 0.15) is 0 Å². The van der Waals surface area contributed by atoms with E-state index in [2.05, 4.69) is 10.0 Å². The quantitative estimate of drug-likeness (QED) is 0.776. The highest BCUT2D eigenvalue weighted by molar-refractivity contribution is 7.92. The summed E-state index contributed by atoms with van der Waals surface area (Å²) in [6.07, 6.45) is 1.10. The molecule has 0 aromatic heterocycles. The molecular weight excluding hydrogens is 300 g/mol. The Labute approximate surface area is 120 Å². The zero-order valence-electron chi connectivity index (χ0n) is 11.8. The van der Waals surface area contributed by atoms with Crippen molar-refractivity contribution in [3.63, 3.8) is 0 Å². The Kier molecular flexibility index (Phi) is 5.55. The van der Waals surface area contributed by atoms with Gasteiger partial charge in [0.25, 0.3) is 0 Å². The molecule has 0 aliphatic heterocycles. The zero-order valence-corrected chi connectivity index (χ0v) is 13.4. The van der Waals surface area contributed by atoms with Crippen LogP contribution in [0.5, 0.6) is 0 Å². The fourth-order valence-corrected chi connectivity index (χ4v) is 3.10. The minimum atomic E-state index is -3.44. The van der Waals surface area contributed by atoms with Crippen LogP contribution in [0.4, 0.5) is 5.69 Å². The Bertz CT molecular complexity index is 635. The first kappa shape index (κ1) is 16.9. The van der Waals surface area contributed by atoms with Gasteiger partial charge in [-0.3, -0.25) is 4.72 Å². The highest BCUT2D eigenvalue weighted by Gasteiger charge is 2.11. The number of sulfonamides is 1. The molecule has 0 saturated carbocycles. The van der Waals surface area contributed by atoms with Crippen molar-refractivity contribution in [1.82, 2.24) is 5.32 Å². The second-order valence-corrected chi connectivity index (χ2v) is 8.68. The predicted octanol–water partition coefficient (Wildman–Crippen LogP) is 0.830. The molecule has 0 radical (unpaired) electrons. The van der Waals surface area contributed by atoms with Crippen molar-refractivity contribution in [1.29, 1.82) is 0 Å². The van der Waals surface area contributed by atoms with Crippen LogP contribution in [-0.2, 0) is 19.9 Å².